The van der Waals surface area contributed by atoms with Crippen molar-refractivity contribution in [1.82, 2.24) is 9.78 Å². The van der Waals surface area contributed by atoms with E-state index >= 15 is 0 Å². The van der Waals surface area contributed by atoms with Crippen LogP contribution in [0.5, 0.6) is 0 Å². The van der Waals surface area contributed by atoms with Crippen LogP contribution in [0, 0.1) is 6.92 Å². The van der Waals surface area contributed by atoms with Crippen LogP contribution in [0.4, 0.5) is 17.2 Å². The summed E-state index contributed by atoms with van der Waals surface area (Å²) in [7, 11) is 0. The molecule has 8 heteroatoms. The number of hydrogen-bond donors (Lipinski definition) is 0. The van der Waals surface area contributed by atoms with Crippen molar-refractivity contribution in [2.45, 2.75) is 19.5 Å². The molecule has 0 radical (unpaired) electrons. The molecule has 2 aliphatic rings. The third-order valence-corrected chi connectivity index (χ3v) is 8.44. The van der Waals surface area contributed by atoms with Gasteiger partial charge in [0.25, 0.3) is 0 Å². The predicted molar refractivity (Wildman–Crippen MR) is 169 cm³/mol. The lowest BCUT2D eigenvalue weighted by atomic mass is 9.95. The van der Waals surface area contributed by atoms with Crippen molar-refractivity contribution in [3.8, 4) is 5.69 Å². The maximum absolute atomic E-state index is 14.3. The van der Waals surface area contributed by atoms with Crippen LogP contribution in [-0.2, 0) is 6.54 Å². The molecule has 4 heterocycles. The van der Waals surface area contributed by atoms with E-state index in [0.29, 0.717) is 28.9 Å². The molecule has 0 saturated heterocycles. The molecule has 204 valence electrons. The van der Waals surface area contributed by atoms with E-state index in [4.69, 9.17) is 14.5 Å². The number of benzene rings is 4. The number of anilines is 2. The molecule has 42 heavy (non-hydrogen) atoms. The Kier molecular flexibility index (Phi) is 5.65. The second-order valence-corrected chi connectivity index (χ2v) is 11.4. The summed E-state index contributed by atoms with van der Waals surface area (Å²) in [6.07, 6.45) is 1.61. The molecule has 1 unspecified atom stereocenters. The van der Waals surface area contributed by atoms with E-state index in [1.165, 1.54) is 0 Å². The van der Waals surface area contributed by atoms with Gasteiger partial charge in [-0.25, -0.2) is 4.68 Å². The quantitative estimate of drug-likeness (QED) is 0.204. The van der Waals surface area contributed by atoms with Gasteiger partial charge in [-0.2, -0.15) is 10.1 Å². The molecule has 6 aromatic rings. The Hall–Kier alpha value is -4.95. The first-order valence-electron chi connectivity index (χ1n) is 13.7. The van der Waals surface area contributed by atoms with Crippen molar-refractivity contribution in [2.24, 2.45) is 4.99 Å². The normalized spacial score (nSPS) is 15.4. The molecule has 0 amide bonds. The number of aliphatic imine (C=N–C) groups is 1. The molecule has 0 bridgehead atoms. The molecule has 7 nitrogen and oxygen atoms in total. The molecule has 8 rings (SSSR count). The number of hydrogen-bond acceptors (Lipinski definition) is 6. The smallest absolute Gasteiger partial charge is 0.213 e. The zero-order valence-corrected chi connectivity index (χ0v) is 24.2. The van der Waals surface area contributed by atoms with Crippen molar-refractivity contribution in [2.75, 3.05) is 9.80 Å². The summed E-state index contributed by atoms with van der Waals surface area (Å²) in [5.41, 5.74) is 6.72. The minimum atomic E-state index is -0.508. The van der Waals surface area contributed by atoms with E-state index in [0.717, 1.165) is 44.3 Å². The van der Waals surface area contributed by atoms with E-state index in [-0.39, 0.29) is 5.43 Å². The lowest BCUT2D eigenvalue weighted by Crippen LogP contribution is -2.44. The maximum Gasteiger partial charge on any atom is 0.213 e. The molecule has 0 N–H and O–H groups in total. The Morgan fingerprint density at radius 2 is 1.60 bits per heavy atom. The SMILES string of the molecule is Cc1nn(-c2ccccc2)c2c1C(c1coc3ccc(Br)cc3c1=O)N1C(=N2)N(Cc2ccccc2)c2ccccc21. The Bertz CT molecular complexity index is 2080. The van der Waals surface area contributed by atoms with Crippen molar-refractivity contribution >= 4 is 50.1 Å². The molecular weight excluding hydrogens is 590 g/mol. The zero-order valence-electron chi connectivity index (χ0n) is 22.6. The monoisotopic (exact) mass is 613 g/mol. The first-order chi connectivity index (χ1) is 20.6. The van der Waals surface area contributed by atoms with Crippen molar-refractivity contribution in [3.05, 3.63) is 146 Å². The molecule has 0 saturated carbocycles. The highest BCUT2D eigenvalue weighted by Crippen LogP contribution is 2.50. The van der Waals surface area contributed by atoms with Gasteiger partial charge in [0.2, 0.25) is 5.96 Å². The number of halogens is 1. The number of para-hydroxylation sites is 3. The standard InChI is InChI=1S/C34H24BrN5O2/c1-21-30-31(26-20-42-29-17-16-23(35)18-25(29)32(26)41)39-28-15-9-8-14-27(28)38(19-22-10-4-2-5-11-22)34(39)36-33(30)40(37-21)24-12-6-3-7-13-24/h2-18,20,31H,19H2,1H3. The van der Waals surface area contributed by atoms with Crippen LogP contribution < -0.4 is 15.2 Å². The predicted octanol–water partition coefficient (Wildman–Crippen LogP) is 7.67. The third kappa shape index (κ3) is 3.75. The largest absolute Gasteiger partial charge is 0.464 e. The minimum absolute atomic E-state index is 0.0828. The van der Waals surface area contributed by atoms with Crippen LogP contribution in [-0.4, -0.2) is 15.7 Å². The van der Waals surface area contributed by atoms with Gasteiger partial charge in [0.15, 0.2) is 11.2 Å². The minimum Gasteiger partial charge on any atom is -0.464 e. The number of fused-ring (bicyclic) bond motifs is 5. The van der Waals surface area contributed by atoms with Crippen LogP contribution in [0.1, 0.15) is 28.4 Å². The van der Waals surface area contributed by atoms with E-state index in [1.54, 1.807) is 6.26 Å². The summed E-state index contributed by atoms with van der Waals surface area (Å²) in [5, 5.41) is 5.48. The Morgan fingerprint density at radius 1 is 0.881 bits per heavy atom. The summed E-state index contributed by atoms with van der Waals surface area (Å²) in [5.74, 6) is 1.44. The summed E-state index contributed by atoms with van der Waals surface area (Å²) in [6, 6.07) is 33.6. The molecule has 4 aromatic carbocycles. The van der Waals surface area contributed by atoms with Gasteiger partial charge in [0.1, 0.15) is 11.8 Å². The van der Waals surface area contributed by atoms with Crippen LogP contribution in [0.25, 0.3) is 16.7 Å². The fourth-order valence-corrected chi connectivity index (χ4v) is 6.42. The molecule has 0 aliphatic carbocycles. The second-order valence-electron chi connectivity index (χ2n) is 10.5. The summed E-state index contributed by atoms with van der Waals surface area (Å²) < 4.78 is 8.81. The topological polar surface area (TPSA) is 66.9 Å². The van der Waals surface area contributed by atoms with Gasteiger partial charge in [0.05, 0.1) is 46.3 Å². The Balaban J connectivity index is 1.42. The summed E-state index contributed by atoms with van der Waals surface area (Å²) in [6.45, 7) is 2.60. The van der Waals surface area contributed by atoms with Crippen LogP contribution in [0.3, 0.4) is 0 Å². The number of aryl methyl sites for hydroxylation is 1. The average molecular weight is 615 g/mol. The highest BCUT2D eigenvalue weighted by atomic mass is 79.9. The number of nitrogens with zero attached hydrogens (tertiary/aromatic N) is 5. The molecular formula is C34H24BrN5O2. The van der Waals surface area contributed by atoms with Crippen LogP contribution >= 0.6 is 15.9 Å². The zero-order chi connectivity index (χ0) is 28.4. The van der Waals surface area contributed by atoms with Crippen molar-refractivity contribution in [3.63, 3.8) is 0 Å². The first kappa shape index (κ1) is 24.8. The Labute approximate surface area is 250 Å². The number of rotatable bonds is 4. The average Bonchev–Trinajstić information content (AvgIpc) is 3.52. The summed E-state index contributed by atoms with van der Waals surface area (Å²) >= 11 is 3.53. The van der Waals surface area contributed by atoms with Crippen molar-refractivity contribution < 1.29 is 4.42 Å². The highest BCUT2D eigenvalue weighted by Gasteiger charge is 2.45. The van der Waals surface area contributed by atoms with E-state index in [9.17, 15) is 4.79 Å². The van der Waals surface area contributed by atoms with Crippen molar-refractivity contribution in [1.29, 1.82) is 0 Å². The van der Waals surface area contributed by atoms with Gasteiger partial charge in [0, 0.05) is 10.0 Å². The van der Waals surface area contributed by atoms with Gasteiger partial charge in [-0.3, -0.25) is 9.69 Å². The van der Waals surface area contributed by atoms with Gasteiger partial charge in [-0.05, 0) is 55.0 Å². The van der Waals surface area contributed by atoms with Gasteiger partial charge in [-0.1, -0.05) is 76.6 Å². The van der Waals surface area contributed by atoms with Gasteiger partial charge >= 0.3 is 0 Å². The summed E-state index contributed by atoms with van der Waals surface area (Å²) in [4.78, 5) is 24.0. The molecule has 2 aliphatic heterocycles. The molecule has 0 fully saturated rings. The van der Waals surface area contributed by atoms with Gasteiger partial charge in [-0.15, -0.1) is 0 Å². The number of aromatic nitrogens is 2. The van der Waals surface area contributed by atoms with Crippen LogP contribution in [0.15, 0.2) is 128 Å². The van der Waals surface area contributed by atoms with Crippen LogP contribution in [0.2, 0.25) is 0 Å². The molecule has 1 atom stereocenters. The number of guanidine groups is 1. The fraction of sp³-hybridized carbons (Fsp3) is 0.0882. The second kappa shape index (κ2) is 9.56. The maximum atomic E-state index is 14.3. The van der Waals surface area contributed by atoms with E-state index in [2.05, 4.69) is 50.0 Å². The fourth-order valence-electron chi connectivity index (χ4n) is 6.06. The lowest BCUT2D eigenvalue weighted by molar-refractivity contribution is 0.585. The Morgan fingerprint density at radius 3 is 2.38 bits per heavy atom. The third-order valence-electron chi connectivity index (χ3n) is 7.95. The van der Waals surface area contributed by atoms with E-state index in [1.807, 2.05) is 90.5 Å². The lowest BCUT2D eigenvalue weighted by Gasteiger charge is -2.34. The van der Waals surface area contributed by atoms with E-state index < -0.39 is 6.04 Å². The highest BCUT2D eigenvalue weighted by molar-refractivity contribution is 9.10. The molecule has 0 spiro atoms. The van der Waals surface area contributed by atoms with Gasteiger partial charge < -0.3 is 9.32 Å². The molecule has 2 aromatic heterocycles. The first-order valence-corrected chi connectivity index (χ1v) is 14.5.